The molecule has 152 valence electrons. The first kappa shape index (κ1) is 20.6. The lowest BCUT2D eigenvalue weighted by atomic mass is 10.1. The van der Waals surface area contributed by atoms with Gasteiger partial charge in [0.25, 0.3) is 0 Å². The average molecular weight is 393 g/mol. The van der Waals surface area contributed by atoms with Crippen LogP contribution in [0, 0.1) is 0 Å². The minimum atomic E-state index is -0.621. The Balaban J connectivity index is 1.67. The van der Waals surface area contributed by atoms with Crippen LogP contribution in [0.15, 0.2) is 60.8 Å². The minimum Gasteiger partial charge on any atom is -0.342 e. The van der Waals surface area contributed by atoms with Crippen molar-refractivity contribution < 1.29 is 9.59 Å². The third kappa shape index (κ3) is 5.03. The molecule has 0 radical (unpaired) electrons. The summed E-state index contributed by atoms with van der Waals surface area (Å²) in [6, 6.07) is 16.7. The van der Waals surface area contributed by atoms with Crippen LogP contribution < -0.4 is 11.1 Å². The van der Waals surface area contributed by atoms with Crippen LogP contribution in [0.25, 0.3) is 10.9 Å². The molecule has 29 heavy (non-hydrogen) atoms. The molecular formula is C23H28N4O2. The van der Waals surface area contributed by atoms with Crippen molar-refractivity contribution in [3.8, 4) is 0 Å². The van der Waals surface area contributed by atoms with Crippen LogP contribution in [0.5, 0.6) is 0 Å². The van der Waals surface area contributed by atoms with E-state index in [0.717, 1.165) is 16.5 Å². The van der Waals surface area contributed by atoms with E-state index in [1.165, 1.54) is 0 Å². The van der Waals surface area contributed by atoms with Crippen molar-refractivity contribution in [1.29, 1.82) is 0 Å². The van der Waals surface area contributed by atoms with E-state index in [1.807, 2.05) is 84.1 Å². The number of aromatic nitrogens is 1. The van der Waals surface area contributed by atoms with Gasteiger partial charge in [-0.15, -0.1) is 0 Å². The lowest BCUT2D eigenvalue weighted by molar-refractivity contribution is -0.131. The fourth-order valence-electron chi connectivity index (χ4n) is 3.43. The summed E-state index contributed by atoms with van der Waals surface area (Å²) in [5, 5.41) is 3.86. The van der Waals surface area contributed by atoms with Gasteiger partial charge in [-0.25, -0.2) is 0 Å². The average Bonchev–Trinajstić information content (AvgIpc) is 3.11. The molecule has 0 aliphatic rings. The standard InChI is InChI=1S/C23H28N4O2/c1-3-26(4-2)22(28)16-27-13-12-18-15-19(10-11-21(18)27)25-23(29)20(24)14-17-8-6-5-7-9-17/h5-13,15,20H,3-4,14,16,24H2,1-2H3,(H,25,29)/t20-/m0/s1. The number of carbonyl (C=O) groups excluding carboxylic acids is 2. The molecule has 3 N–H and O–H groups in total. The third-order valence-corrected chi connectivity index (χ3v) is 5.10. The van der Waals surface area contributed by atoms with E-state index in [0.29, 0.717) is 31.7 Å². The van der Waals surface area contributed by atoms with E-state index < -0.39 is 6.04 Å². The van der Waals surface area contributed by atoms with Crippen molar-refractivity contribution >= 4 is 28.4 Å². The van der Waals surface area contributed by atoms with E-state index in [-0.39, 0.29) is 11.8 Å². The van der Waals surface area contributed by atoms with E-state index in [2.05, 4.69) is 5.32 Å². The van der Waals surface area contributed by atoms with Crippen molar-refractivity contribution in [3.05, 3.63) is 66.4 Å². The Morgan fingerprint density at radius 1 is 1.07 bits per heavy atom. The molecule has 0 saturated carbocycles. The molecule has 0 spiro atoms. The van der Waals surface area contributed by atoms with Gasteiger partial charge in [0.05, 0.1) is 6.04 Å². The predicted molar refractivity (Wildman–Crippen MR) is 117 cm³/mol. The highest BCUT2D eigenvalue weighted by Gasteiger charge is 2.15. The number of amides is 2. The first-order valence-electron chi connectivity index (χ1n) is 9.98. The second kappa shape index (κ2) is 9.39. The monoisotopic (exact) mass is 392 g/mol. The molecule has 6 nitrogen and oxygen atoms in total. The largest absolute Gasteiger partial charge is 0.342 e. The SMILES string of the molecule is CCN(CC)C(=O)Cn1ccc2cc(NC(=O)[C@@H](N)Cc3ccccc3)ccc21. The van der Waals surface area contributed by atoms with E-state index in [4.69, 9.17) is 5.73 Å². The molecule has 0 fully saturated rings. The molecule has 0 aliphatic carbocycles. The molecule has 3 aromatic rings. The van der Waals surface area contributed by atoms with Gasteiger partial charge in [0.1, 0.15) is 6.54 Å². The Kier molecular flexibility index (Phi) is 6.67. The molecule has 0 saturated heterocycles. The van der Waals surface area contributed by atoms with Crippen molar-refractivity contribution in [2.24, 2.45) is 5.73 Å². The Labute approximate surface area is 171 Å². The van der Waals surface area contributed by atoms with Gasteiger partial charge in [0.15, 0.2) is 0 Å². The molecule has 1 heterocycles. The van der Waals surface area contributed by atoms with Crippen molar-refractivity contribution in [2.45, 2.75) is 32.9 Å². The number of likely N-dealkylation sites (N-methyl/N-ethyl adjacent to an activating group) is 1. The minimum absolute atomic E-state index is 0.0942. The number of fused-ring (bicyclic) bond motifs is 1. The molecular weight excluding hydrogens is 364 g/mol. The van der Waals surface area contributed by atoms with Gasteiger partial charge in [0, 0.05) is 35.9 Å². The summed E-state index contributed by atoms with van der Waals surface area (Å²) in [6.07, 6.45) is 2.39. The Bertz CT molecular complexity index is 977. The Morgan fingerprint density at radius 3 is 2.48 bits per heavy atom. The molecule has 2 amide bonds. The number of carbonyl (C=O) groups is 2. The lowest BCUT2D eigenvalue weighted by Crippen LogP contribution is -2.37. The van der Waals surface area contributed by atoms with Crippen LogP contribution in [0.3, 0.4) is 0 Å². The second-order valence-electron chi connectivity index (χ2n) is 7.07. The van der Waals surface area contributed by atoms with Gasteiger partial charge >= 0.3 is 0 Å². The quantitative estimate of drug-likeness (QED) is 0.618. The van der Waals surface area contributed by atoms with E-state index >= 15 is 0 Å². The lowest BCUT2D eigenvalue weighted by Gasteiger charge is -2.19. The first-order valence-corrected chi connectivity index (χ1v) is 9.98. The highest BCUT2D eigenvalue weighted by atomic mass is 16.2. The maximum atomic E-state index is 12.5. The van der Waals surface area contributed by atoms with Gasteiger partial charge in [-0.2, -0.15) is 0 Å². The first-order chi connectivity index (χ1) is 14.0. The highest BCUT2D eigenvalue weighted by molar-refractivity contribution is 5.97. The molecule has 0 aliphatic heterocycles. The van der Waals surface area contributed by atoms with E-state index in [9.17, 15) is 9.59 Å². The predicted octanol–water partition coefficient (Wildman–Crippen LogP) is 3.02. The van der Waals surface area contributed by atoms with Crippen LogP contribution in [-0.2, 0) is 22.6 Å². The van der Waals surface area contributed by atoms with Crippen molar-refractivity contribution in [2.75, 3.05) is 18.4 Å². The second-order valence-corrected chi connectivity index (χ2v) is 7.07. The summed E-state index contributed by atoms with van der Waals surface area (Å²) >= 11 is 0. The summed E-state index contributed by atoms with van der Waals surface area (Å²) < 4.78 is 1.93. The van der Waals surface area contributed by atoms with Crippen LogP contribution in [0.4, 0.5) is 5.69 Å². The van der Waals surface area contributed by atoms with Gasteiger partial charge in [0.2, 0.25) is 11.8 Å². The fraction of sp³-hybridized carbons (Fsp3) is 0.304. The number of hydrogen-bond donors (Lipinski definition) is 2. The highest BCUT2D eigenvalue weighted by Crippen LogP contribution is 2.21. The smallest absolute Gasteiger partial charge is 0.242 e. The normalized spacial score (nSPS) is 12.0. The Hall–Kier alpha value is -3.12. The maximum Gasteiger partial charge on any atom is 0.242 e. The van der Waals surface area contributed by atoms with E-state index in [1.54, 1.807) is 0 Å². The van der Waals surface area contributed by atoms with Crippen molar-refractivity contribution in [3.63, 3.8) is 0 Å². The number of nitrogens with two attached hydrogens (primary N) is 1. The van der Waals surface area contributed by atoms with Gasteiger partial charge in [-0.1, -0.05) is 30.3 Å². The van der Waals surface area contributed by atoms with Crippen LogP contribution >= 0.6 is 0 Å². The summed E-state index contributed by atoms with van der Waals surface area (Å²) in [5.74, 6) is -0.124. The molecule has 0 bridgehead atoms. The van der Waals surface area contributed by atoms with Gasteiger partial charge in [-0.05, 0) is 50.1 Å². The third-order valence-electron chi connectivity index (χ3n) is 5.10. The Morgan fingerprint density at radius 2 is 1.79 bits per heavy atom. The molecule has 0 unspecified atom stereocenters. The van der Waals surface area contributed by atoms with Crippen LogP contribution in [0.2, 0.25) is 0 Å². The summed E-state index contributed by atoms with van der Waals surface area (Å²) in [6.45, 7) is 5.67. The molecule has 1 atom stereocenters. The number of nitrogens with one attached hydrogen (secondary N) is 1. The number of hydrogen-bond acceptors (Lipinski definition) is 3. The summed E-state index contributed by atoms with van der Waals surface area (Å²) in [4.78, 5) is 26.7. The summed E-state index contributed by atoms with van der Waals surface area (Å²) in [7, 11) is 0. The van der Waals surface area contributed by atoms with Gasteiger partial charge in [-0.3, -0.25) is 9.59 Å². The number of benzene rings is 2. The fourth-order valence-corrected chi connectivity index (χ4v) is 3.43. The zero-order chi connectivity index (χ0) is 20.8. The van der Waals surface area contributed by atoms with Gasteiger partial charge < -0.3 is 20.5 Å². The zero-order valence-electron chi connectivity index (χ0n) is 17.0. The molecule has 3 rings (SSSR count). The number of rotatable bonds is 8. The zero-order valence-corrected chi connectivity index (χ0v) is 17.0. The topological polar surface area (TPSA) is 80.4 Å². The summed E-state index contributed by atoms with van der Waals surface area (Å²) in [5.41, 5.74) is 8.74. The van der Waals surface area contributed by atoms with Crippen molar-refractivity contribution in [1.82, 2.24) is 9.47 Å². The van der Waals surface area contributed by atoms with Crippen LogP contribution in [0.1, 0.15) is 19.4 Å². The number of anilines is 1. The molecule has 1 aromatic heterocycles. The molecule has 6 heteroatoms. The van der Waals surface area contributed by atoms with Crippen LogP contribution in [-0.4, -0.2) is 40.4 Å². The number of nitrogens with zero attached hydrogens (tertiary/aromatic N) is 2. The molecule has 2 aromatic carbocycles. The maximum absolute atomic E-state index is 12.5.